The number of nitrogens with one attached hydrogen (secondary N) is 1. The Hall–Kier alpha value is -0.570. The Morgan fingerprint density at radius 3 is 3.10 bits per heavy atom. The lowest BCUT2D eigenvalue weighted by Crippen LogP contribution is -2.49. The predicted molar refractivity (Wildman–Crippen MR) is 83.3 cm³/mol. The quantitative estimate of drug-likeness (QED) is 0.854. The summed E-state index contributed by atoms with van der Waals surface area (Å²) in [7, 11) is 0. The molecule has 0 aromatic heterocycles. The highest BCUT2D eigenvalue weighted by Gasteiger charge is 2.54. The largest absolute Gasteiger partial charge is 0.316 e. The minimum atomic E-state index is 0.492. The summed E-state index contributed by atoms with van der Waals surface area (Å²) >= 11 is 6.24. The molecule has 0 aliphatic carbocycles. The molecule has 1 aromatic rings. The maximum absolute atomic E-state index is 6.24. The lowest BCUT2D eigenvalue weighted by Gasteiger charge is -2.46. The molecule has 0 saturated carbocycles. The van der Waals surface area contributed by atoms with Crippen molar-refractivity contribution in [2.24, 2.45) is 5.41 Å². The fourth-order valence-corrected chi connectivity index (χ4v) is 5.28. The Labute approximate surface area is 126 Å². The van der Waals surface area contributed by atoms with E-state index in [0.29, 0.717) is 11.3 Å². The van der Waals surface area contributed by atoms with Crippen LogP contribution in [0.4, 0.5) is 0 Å². The molecule has 4 rings (SSSR count). The second-order valence-electron chi connectivity index (χ2n) is 6.74. The maximum Gasteiger partial charge on any atom is 0.0408 e. The summed E-state index contributed by atoms with van der Waals surface area (Å²) < 4.78 is 0. The van der Waals surface area contributed by atoms with Gasteiger partial charge >= 0.3 is 0 Å². The zero-order valence-corrected chi connectivity index (χ0v) is 12.7. The molecule has 3 aliphatic heterocycles. The van der Waals surface area contributed by atoms with Gasteiger partial charge in [0.15, 0.2) is 0 Å². The molecule has 0 radical (unpaired) electrons. The number of halogens is 1. The van der Waals surface area contributed by atoms with Crippen LogP contribution in [0.25, 0.3) is 0 Å². The molecule has 3 unspecified atom stereocenters. The Kier molecular flexibility index (Phi) is 3.29. The first-order valence-corrected chi connectivity index (χ1v) is 8.38. The highest BCUT2D eigenvalue weighted by atomic mass is 35.5. The molecule has 3 saturated heterocycles. The molecule has 0 amide bonds. The summed E-state index contributed by atoms with van der Waals surface area (Å²) in [5.74, 6) is 0.628. The van der Waals surface area contributed by atoms with Crippen molar-refractivity contribution in [3.8, 4) is 0 Å². The fourth-order valence-electron chi connectivity index (χ4n) is 5.08. The number of piperidine rings is 1. The minimum absolute atomic E-state index is 0.492. The smallest absolute Gasteiger partial charge is 0.0408 e. The van der Waals surface area contributed by atoms with E-state index in [-0.39, 0.29) is 0 Å². The summed E-state index contributed by atoms with van der Waals surface area (Å²) in [6, 6.07) is 9.39. The lowest BCUT2D eigenvalue weighted by molar-refractivity contribution is 0.112. The van der Waals surface area contributed by atoms with E-state index in [1.165, 1.54) is 50.9 Å². The summed E-state index contributed by atoms with van der Waals surface area (Å²) in [6.45, 7) is 4.93. The van der Waals surface area contributed by atoms with E-state index in [0.717, 1.165) is 17.6 Å². The Morgan fingerprint density at radius 1 is 1.25 bits per heavy atom. The van der Waals surface area contributed by atoms with Gasteiger partial charge in [-0.05, 0) is 68.4 Å². The van der Waals surface area contributed by atoms with E-state index in [1.807, 2.05) is 6.07 Å². The third-order valence-corrected chi connectivity index (χ3v) is 6.19. The van der Waals surface area contributed by atoms with Gasteiger partial charge in [-0.1, -0.05) is 23.7 Å². The van der Waals surface area contributed by atoms with Crippen LogP contribution in [0.3, 0.4) is 0 Å². The van der Waals surface area contributed by atoms with Crippen molar-refractivity contribution < 1.29 is 0 Å². The van der Waals surface area contributed by atoms with Gasteiger partial charge in [-0.2, -0.15) is 0 Å². The number of nitrogens with zero attached hydrogens (tertiary/aromatic N) is 1. The number of fused-ring (bicyclic) bond motifs is 2. The van der Waals surface area contributed by atoms with Crippen LogP contribution in [0.2, 0.25) is 5.02 Å². The van der Waals surface area contributed by atoms with Crippen molar-refractivity contribution >= 4 is 11.6 Å². The third-order valence-electron chi connectivity index (χ3n) is 5.95. The van der Waals surface area contributed by atoms with Crippen molar-refractivity contribution in [2.75, 3.05) is 26.2 Å². The SMILES string of the molecule is Clc1cccc(C2CNCCC23CCN2CCCC23)c1. The van der Waals surface area contributed by atoms with E-state index in [1.54, 1.807) is 0 Å². The van der Waals surface area contributed by atoms with Crippen LogP contribution in [0.5, 0.6) is 0 Å². The molecular formula is C17H23ClN2. The zero-order valence-electron chi connectivity index (χ0n) is 11.9. The topological polar surface area (TPSA) is 15.3 Å². The van der Waals surface area contributed by atoms with Crippen molar-refractivity contribution in [1.82, 2.24) is 10.2 Å². The van der Waals surface area contributed by atoms with Crippen molar-refractivity contribution in [3.05, 3.63) is 34.9 Å². The van der Waals surface area contributed by atoms with Gasteiger partial charge in [0.2, 0.25) is 0 Å². The van der Waals surface area contributed by atoms with Gasteiger partial charge in [-0.15, -0.1) is 0 Å². The first kappa shape index (κ1) is 13.1. The molecule has 3 aliphatic rings. The zero-order chi connectivity index (χ0) is 13.6. The van der Waals surface area contributed by atoms with Gasteiger partial charge < -0.3 is 5.32 Å². The predicted octanol–water partition coefficient (Wildman–Crippen LogP) is 3.27. The van der Waals surface area contributed by atoms with E-state index in [2.05, 4.69) is 28.4 Å². The van der Waals surface area contributed by atoms with Gasteiger partial charge in [0.05, 0.1) is 0 Å². The molecule has 20 heavy (non-hydrogen) atoms. The summed E-state index contributed by atoms with van der Waals surface area (Å²) in [5.41, 5.74) is 1.94. The number of hydrogen-bond acceptors (Lipinski definition) is 2. The van der Waals surface area contributed by atoms with Gasteiger partial charge in [-0.25, -0.2) is 0 Å². The highest BCUT2D eigenvalue weighted by molar-refractivity contribution is 6.30. The number of rotatable bonds is 1. The second-order valence-corrected chi connectivity index (χ2v) is 7.18. The van der Waals surface area contributed by atoms with Crippen LogP contribution in [-0.2, 0) is 0 Å². The van der Waals surface area contributed by atoms with Crippen LogP contribution in [-0.4, -0.2) is 37.1 Å². The average Bonchev–Trinajstić information content (AvgIpc) is 3.05. The number of benzene rings is 1. The van der Waals surface area contributed by atoms with Crippen LogP contribution in [0.15, 0.2) is 24.3 Å². The third kappa shape index (κ3) is 1.93. The summed E-state index contributed by atoms with van der Waals surface area (Å²) in [6.07, 6.45) is 5.49. The normalized spacial score (nSPS) is 37.5. The second kappa shape index (κ2) is 5.01. The van der Waals surface area contributed by atoms with Gasteiger partial charge in [0.25, 0.3) is 0 Å². The van der Waals surface area contributed by atoms with Crippen LogP contribution < -0.4 is 5.32 Å². The molecule has 1 aromatic carbocycles. The minimum Gasteiger partial charge on any atom is -0.316 e. The molecule has 3 atom stereocenters. The molecular weight excluding hydrogens is 268 g/mol. The van der Waals surface area contributed by atoms with Gasteiger partial charge in [0.1, 0.15) is 0 Å². The fraction of sp³-hybridized carbons (Fsp3) is 0.647. The molecule has 108 valence electrons. The molecule has 3 heterocycles. The van der Waals surface area contributed by atoms with Gasteiger partial charge in [0, 0.05) is 23.5 Å². The molecule has 1 N–H and O–H groups in total. The Balaban J connectivity index is 1.73. The first-order chi connectivity index (χ1) is 9.79. The first-order valence-electron chi connectivity index (χ1n) is 8.00. The Bertz CT molecular complexity index is 500. The van der Waals surface area contributed by atoms with E-state index >= 15 is 0 Å². The molecule has 0 bridgehead atoms. The van der Waals surface area contributed by atoms with Gasteiger partial charge in [-0.3, -0.25) is 4.90 Å². The van der Waals surface area contributed by atoms with Crippen molar-refractivity contribution in [3.63, 3.8) is 0 Å². The van der Waals surface area contributed by atoms with Crippen LogP contribution >= 0.6 is 11.6 Å². The lowest BCUT2D eigenvalue weighted by atomic mass is 9.63. The summed E-state index contributed by atoms with van der Waals surface area (Å²) in [5, 5.41) is 4.50. The maximum atomic E-state index is 6.24. The molecule has 1 spiro atoms. The van der Waals surface area contributed by atoms with Crippen LogP contribution in [0.1, 0.15) is 37.2 Å². The van der Waals surface area contributed by atoms with Crippen molar-refractivity contribution in [2.45, 2.75) is 37.6 Å². The van der Waals surface area contributed by atoms with E-state index < -0.39 is 0 Å². The molecule has 3 fully saturated rings. The highest BCUT2D eigenvalue weighted by Crippen LogP contribution is 2.54. The van der Waals surface area contributed by atoms with E-state index in [9.17, 15) is 0 Å². The average molecular weight is 291 g/mol. The standard InChI is InChI=1S/C17H23ClN2/c18-14-4-1-3-13(11-14)15-12-19-8-6-17(15)7-10-20-9-2-5-16(17)20/h1,3-4,11,15-16,19H,2,5-10,12H2. The molecule has 2 nitrogen and oxygen atoms in total. The van der Waals surface area contributed by atoms with E-state index in [4.69, 9.17) is 11.6 Å². The van der Waals surface area contributed by atoms with Crippen LogP contribution in [0, 0.1) is 5.41 Å². The Morgan fingerprint density at radius 2 is 2.20 bits per heavy atom. The monoisotopic (exact) mass is 290 g/mol. The van der Waals surface area contributed by atoms with Crippen molar-refractivity contribution in [1.29, 1.82) is 0 Å². The summed E-state index contributed by atoms with van der Waals surface area (Å²) in [4.78, 5) is 2.75. The molecule has 3 heteroatoms. The number of hydrogen-bond donors (Lipinski definition) is 1.